The van der Waals surface area contributed by atoms with E-state index in [1.54, 1.807) is 0 Å². The van der Waals surface area contributed by atoms with Gasteiger partial charge in [-0.1, -0.05) is 63.7 Å². The number of hydrogen-bond acceptors (Lipinski definition) is 4. The van der Waals surface area contributed by atoms with Gasteiger partial charge in [0.15, 0.2) is 4.80 Å². The highest BCUT2D eigenvalue weighted by Gasteiger charge is 2.32. The van der Waals surface area contributed by atoms with Crippen LogP contribution in [0.25, 0.3) is 11.8 Å². The maximum atomic E-state index is 13.9. The van der Waals surface area contributed by atoms with E-state index in [4.69, 9.17) is 9.73 Å². The Hall–Kier alpha value is -2.26. The maximum Gasteiger partial charge on any atom is 0.271 e. The van der Waals surface area contributed by atoms with E-state index in [1.807, 2.05) is 41.8 Å². The lowest BCUT2D eigenvalue weighted by Crippen LogP contribution is -2.38. The summed E-state index contributed by atoms with van der Waals surface area (Å²) in [6.45, 7) is 2.52. The predicted molar refractivity (Wildman–Crippen MR) is 160 cm³/mol. The fraction of sp³-hybridized carbons (Fsp3) is 0.172. The van der Waals surface area contributed by atoms with Crippen LogP contribution in [-0.4, -0.2) is 11.2 Å². The molecule has 0 fully saturated rings. The molecule has 8 heteroatoms. The van der Waals surface area contributed by atoms with Crippen LogP contribution in [0, 0.1) is 0 Å². The molecule has 37 heavy (non-hydrogen) atoms. The first-order valence-corrected chi connectivity index (χ1v) is 15.1. The molecule has 1 atom stereocenters. The van der Waals surface area contributed by atoms with Crippen LogP contribution in [0.1, 0.15) is 41.6 Å². The summed E-state index contributed by atoms with van der Waals surface area (Å²) in [5.74, 6) is 0.752. The van der Waals surface area contributed by atoms with Crippen LogP contribution < -0.4 is 19.6 Å². The first kappa shape index (κ1) is 25.0. The fourth-order valence-corrected chi connectivity index (χ4v) is 7.78. The number of fused-ring (bicyclic) bond motifs is 3. The fourth-order valence-electron chi connectivity index (χ4n) is 5.06. The molecule has 3 aromatic carbocycles. The summed E-state index contributed by atoms with van der Waals surface area (Å²) in [6.07, 6.45) is 3.75. The normalized spacial score (nSPS) is 16.6. The van der Waals surface area contributed by atoms with Crippen LogP contribution >= 0.6 is 59.1 Å². The van der Waals surface area contributed by atoms with Crippen molar-refractivity contribution in [3.05, 3.63) is 122 Å². The first-order valence-electron chi connectivity index (χ1n) is 11.9. The Morgan fingerprint density at radius 2 is 1.78 bits per heavy atom. The Labute approximate surface area is 243 Å². The lowest BCUT2D eigenvalue weighted by molar-refractivity contribution is 0.336. The summed E-state index contributed by atoms with van der Waals surface area (Å²) < 4.78 is 10.9. The Bertz CT molecular complexity index is 1730. The van der Waals surface area contributed by atoms with Crippen molar-refractivity contribution < 1.29 is 4.74 Å². The molecule has 2 heterocycles. The van der Waals surface area contributed by atoms with Gasteiger partial charge in [0.1, 0.15) is 5.75 Å². The van der Waals surface area contributed by atoms with Gasteiger partial charge in [0.2, 0.25) is 0 Å². The van der Waals surface area contributed by atoms with E-state index in [9.17, 15) is 4.79 Å². The molecule has 4 aromatic rings. The predicted octanol–water partition coefficient (Wildman–Crippen LogP) is 7.00. The number of aromatic nitrogens is 1. The van der Waals surface area contributed by atoms with Gasteiger partial charge in [-0.05, 0) is 104 Å². The largest absolute Gasteiger partial charge is 0.492 e. The number of benzene rings is 3. The molecule has 1 aromatic heterocycles. The van der Waals surface area contributed by atoms with Crippen LogP contribution in [0.2, 0.25) is 0 Å². The molecule has 0 unspecified atom stereocenters. The first-order chi connectivity index (χ1) is 17.9. The van der Waals surface area contributed by atoms with Crippen molar-refractivity contribution >= 4 is 70.9 Å². The van der Waals surface area contributed by atoms with Gasteiger partial charge in [-0.15, -0.1) is 0 Å². The number of ether oxygens (including phenoxy) is 1. The summed E-state index contributed by atoms with van der Waals surface area (Å²) >= 11 is 12.2. The van der Waals surface area contributed by atoms with E-state index in [0.717, 1.165) is 53.6 Å². The molecule has 0 amide bonds. The smallest absolute Gasteiger partial charge is 0.271 e. The minimum absolute atomic E-state index is 0.0248. The third-order valence-corrected chi connectivity index (χ3v) is 9.36. The van der Waals surface area contributed by atoms with E-state index >= 15 is 0 Å². The van der Waals surface area contributed by atoms with Crippen LogP contribution in [-0.2, 0) is 6.42 Å². The number of aryl methyl sites for hydroxylation is 1. The Morgan fingerprint density at radius 1 is 1.05 bits per heavy atom. The van der Waals surface area contributed by atoms with Crippen molar-refractivity contribution in [1.29, 1.82) is 0 Å². The summed E-state index contributed by atoms with van der Waals surface area (Å²) in [6, 6.07) is 20.5. The lowest BCUT2D eigenvalue weighted by atomic mass is 9.83. The van der Waals surface area contributed by atoms with Crippen molar-refractivity contribution in [2.45, 2.75) is 25.8 Å². The Kier molecular flexibility index (Phi) is 6.86. The molecule has 6 rings (SSSR count). The molecule has 2 aliphatic rings. The molecule has 1 aliphatic carbocycles. The number of thiazole rings is 1. The molecule has 0 bridgehead atoms. The van der Waals surface area contributed by atoms with E-state index in [0.29, 0.717) is 11.1 Å². The van der Waals surface area contributed by atoms with Gasteiger partial charge < -0.3 is 4.74 Å². The molecular weight excluding hydrogens is 680 g/mol. The van der Waals surface area contributed by atoms with E-state index in [-0.39, 0.29) is 11.6 Å². The third kappa shape index (κ3) is 4.52. The van der Waals surface area contributed by atoms with Gasteiger partial charge in [-0.3, -0.25) is 9.36 Å². The van der Waals surface area contributed by atoms with Gasteiger partial charge in [-0.25, -0.2) is 4.99 Å². The number of nitrogens with zero attached hydrogens (tertiary/aromatic N) is 2. The Morgan fingerprint density at radius 3 is 2.51 bits per heavy atom. The number of hydrogen-bond donors (Lipinski definition) is 0. The average molecular weight is 701 g/mol. The number of rotatable bonds is 4. The van der Waals surface area contributed by atoms with E-state index in [2.05, 4.69) is 84.2 Å². The maximum absolute atomic E-state index is 13.9. The SMILES string of the molecule is CCOc1c(Br)cc(/C=c2\sc3n(c2=O)[C@@H](c2ccc(Br)cc2)C2=C(N=3)c3ccccc3CC2)cc1Br. The zero-order valence-corrected chi connectivity index (χ0v) is 25.4. The summed E-state index contributed by atoms with van der Waals surface area (Å²) in [4.78, 5) is 19.7. The highest BCUT2D eigenvalue weighted by molar-refractivity contribution is 9.11. The molecule has 4 nitrogen and oxygen atoms in total. The molecule has 0 saturated heterocycles. The second kappa shape index (κ2) is 10.1. The Balaban J connectivity index is 1.57. The number of allylic oxidation sites excluding steroid dienone is 1. The van der Waals surface area contributed by atoms with Crippen LogP contribution in [0.3, 0.4) is 0 Å². The van der Waals surface area contributed by atoms with Gasteiger partial charge in [0.05, 0.1) is 31.8 Å². The topological polar surface area (TPSA) is 43.6 Å². The van der Waals surface area contributed by atoms with E-state index in [1.165, 1.54) is 28.0 Å². The van der Waals surface area contributed by atoms with Crippen molar-refractivity contribution in [3.8, 4) is 5.75 Å². The van der Waals surface area contributed by atoms with Crippen LogP contribution in [0.5, 0.6) is 5.75 Å². The van der Waals surface area contributed by atoms with Gasteiger partial charge in [0, 0.05) is 10.0 Å². The summed E-state index contributed by atoms with van der Waals surface area (Å²) in [5.41, 5.74) is 6.65. The molecule has 0 spiro atoms. The highest BCUT2D eigenvalue weighted by Crippen LogP contribution is 2.41. The standard InChI is InChI=1S/C29H21Br3N2O2S/c1-2-36-27-22(31)13-16(14-23(27)32)15-24-28(35)34-26(18-7-10-19(30)11-8-18)21-12-9-17-5-3-4-6-20(17)25(21)33-29(34)37-24/h3-8,10-11,13-15,26H,2,9,12H2,1H3/b24-15-/t26-/m0/s1. The second-order valence-corrected chi connectivity index (χ2v) is 12.5. The highest BCUT2D eigenvalue weighted by atomic mass is 79.9. The van der Waals surface area contributed by atoms with Gasteiger partial charge in [0.25, 0.3) is 5.56 Å². The van der Waals surface area contributed by atoms with Crippen molar-refractivity contribution in [1.82, 2.24) is 4.57 Å². The van der Waals surface area contributed by atoms with Crippen LogP contribution in [0.4, 0.5) is 0 Å². The van der Waals surface area contributed by atoms with Crippen LogP contribution in [0.15, 0.2) is 89.4 Å². The molecule has 1 aliphatic heterocycles. The second-order valence-electron chi connectivity index (χ2n) is 8.91. The minimum atomic E-state index is -0.186. The monoisotopic (exact) mass is 698 g/mol. The molecule has 0 saturated carbocycles. The average Bonchev–Trinajstić information content (AvgIpc) is 3.20. The summed E-state index contributed by atoms with van der Waals surface area (Å²) in [5, 5.41) is 0. The lowest BCUT2D eigenvalue weighted by Gasteiger charge is -2.30. The van der Waals surface area contributed by atoms with Gasteiger partial charge >= 0.3 is 0 Å². The van der Waals surface area contributed by atoms with Crippen molar-refractivity contribution in [3.63, 3.8) is 0 Å². The van der Waals surface area contributed by atoms with E-state index < -0.39 is 0 Å². The van der Waals surface area contributed by atoms with Gasteiger partial charge in [-0.2, -0.15) is 0 Å². The summed E-state index contributed by atoms with van der Waals surface area (Å²) in [7, 11) is 0. The third-order valence-electron chi connectivity index (χ3n) is 6.67. The molecule has 0 N–H and O–H groups in total. The quantitative estimate of drug-likeness (QED) is 0.230. The molecular formula is C29H21Br3N2O2S. The van der Waals surface area contributed by atoms with Crippen molar-refractivity contribution in [2.75, 3.05) is 6.61 Å². The van der Waals surface area contributed by atoms with Crippen molar-refractivity contribution in [2.24, 2.45) is 4.99 Å². The zero-order chi connectivity index (χ0) is 25.7. The zero-order valence-electron chi connectivity index (χ0n) is 19.8. The minimum Gasteiger partial charge on any atom is -0.492 e. The molecule has 0 radical (unpaired) electrons. The number of halogens is 3. The molecule has 186 valence electrons.